The quantitative estimate of drug-likeness (QED) is 0.690. The van der Waals surface area contributed by atoms with Crippen LogP contribution in [-0.2, 0) is 19.6 Å². The van der Waals surface area contributed by atoms with Gasteiger partial charge in [-0.05, 0) is 25.2 Å². The van der Waals surface area contributed by atoms with Crippen LogP contribution < -0.4 is 15.4 Å². The molecule has 150 valence electrons. The SMILES string of the molecule is CNCCC(=O)N1CCN(S(=O)(=O)c2ccc3c(c2)NC(=O)CO3)CC1.Cl. The van der Waals surface area contributed by atoms with E-state index in [4.69, 9.17) is 4.74 Å². The molecule has 0 radical (unpaired) electrons. The molecule has 0 saturated carbocycles. The molecule has 0 atom stereocenters. The zero-order valence-electron chi connectivity index (χ0n) is 14.9. The number of rotatable bonds is 5. The Bertz CT molecular complexity index is 809. The molecule has 1 aromatic rings. The van der Waals surface area contributed by atoms with E-state index in [9.17, 15) is 18.0 Å². The highest BCUT2D eigenvalue weighted by Gasteiger charge is 2.31. The van der Waals surface area contributed by atoms with Gasteiger partial charge in [0.05, 0.1) is 10.6 Å². The first-order chi connectivity index (χ1) is 12.4. The van der Waals surface area contributed by atoms with Gasteiger partial charge in [0.25, 0.3) is 5.91 Å². The van der Waals surface area contributed by atoms with Crippen molar-refractivity contribution in [1.29, 1.82) is 0 Å². The molecular formula is C16H23ClN4O5S. The van der Waals surface area contributed by atoms with Crippen molar-refractivity contribution in [1.82, 2.24) is 14.5 Å². The number of carbonyl (C=O) groups is 2. The number of amides is 2. The van der Waals surface area contributed by atoms with Crippen LogP contribution >= 0.6 is 12.4 Å². The number of hydrogen-bond acceptors (Lipinski definition) is 6. The molecule has 3 rings (SSSR count). The number of piperazine rings is 1. The summed E-state index contributed by atoms with van der Waals surface area (Å²) in [5.41, 5.74) is 0.350. The average molecular weight is 419 g/mol. The molecule has 2 N–H and O–H groups in total. The summed E-state index contributed by atoms with van der Waals surface area (Å²) in [4.78, 5) is 25.2. The van der Waals surface area contributed by atoms with Gasteiger partial charge < -0.3 is 20.3 Å². The second kappa shape index (κ2) is 8.87. The Balaban J connectivity index is 0.00000261. The van der Waals surface area contributed by atoms with E-state index >= 15 is 0 Å². The smallest absolute Gasteiger partial charge is 0.262 e. The van der Waals surface area contributed by atoms with Crippen LogP contribution in [0.5, 0.6) is 5.75 Å². The van der Waals surface area contributed by atoms with Crippen molar-refractivity contribution in [3.05, 3.63) is 18.2 Å². The maximum absolute atomic E-state index is 12.9. The number of nitrogens with zero attached hydrogens (tertiary/aromatic N) is 2. The molecule has 9 nitrogen and oxygen atoms in total. The molecule has 2 amide bonds. The summed E-state index contributed by atoms with van der Waals surface area (Å²) in [5, 5.41) is 5.54. The van der Waals surface area contributed by atoms with Gasteiger partial charge in [-0.1, -0.05) is 0 Å². The van der Waals surface area contributed by atoms with Gasteiger partial charge in [-0.2, -0.15) is 4.31 Å². The maximum Gasteiger partial charge on any atom is 0.262 e. The lowest BCUT2D eigenvalue weighted by molar-refractivity contribution is -0.132. The Morgan fingerprint density at radius 3 is 2.63 bits per heavy atom. The molecule has 11 heteroatoms. The topological polar surface area (TPSA) is 108 Å². The molecule has 0 spiro atoms. The first-order valence-corrected chi connectivity index (χ1v) is 9.85. The first kappa shape index (κ1) is 21.4. The number of anilines is 1. The predicted molar refractivity (Wildman–Crippen MR) is 102 cm³/mol. The summed E-state index contributed by atoms with van der Waals surface area (Å²) in [6.07, 6.45) is 0.397. The average Bonchev–Trinajstić information content (AvgIpc) is 2.65. The van der Waals surface area contributed by atoms with Gasteiger partial charge >= 0.3 is 0 Å². The van der Waals surface area contributed by atoms with Crippen molar-refractivity contribution in [2.45, 2.75) is 11.3 Å². The van der Waals surface area contributed by atoms with E-state index in [2.05, 4.69) is 10.6 Å². The van der Waals surface area contributed by atoms with Gasteiger partial charge in [0.2, 0.25) is 15.9 Å². The van der Waals surface area contributed by atoms with Crippen LogP contribution in [-0.4, -0.2) is 75.8 Å². The van der Waals surface area contributed by atoms with Crippen LogP contribution in [0, 0.1) is 0 Å². The van der Waals surface area contributed by atoms with Gasteiger partial charge in [0.1, 0.15) is 5.75 Å². The number of carbonyl (C=O) groups excluding carboxylic acids is 2. The Labute approximate surface area is 164 Å². The summed E-state index contributed by atoms with van der Waals surface area (Å²) in [6, 6.07) is 4.42. The summed E-state index contributed by atoms with van der Waals surface area (Å²) in [5.74, 6) is 0.147. The van der Waals surface area contributed by atoms with E-state index in [0.29, 0.717) is 37.5 Å². The summed E-state index contributed by atoms with van der Waals surface area (Å²) in [6.45, 7) is 1.74. The second-order valence-corrected chi connectivity index (χ2v) is 8.07. The Kier molecular flexibility index (Phi) is 7.04. The van der Waals surface area contributed by atoms with Crippen LogP contribution in [0.1, 0.15) is 6.42 Å². The number of ether oxygens (including phenoxy) is 1. The molecule has 0 aromatic heterocycles. The molecule has 0 aliphatic carbocycles. The minimum absolute atomic E-state index is 0. The van der Waals surface area contributed by atoms with E-state index in [1.54, 1.807) is 18.0 Å². The molecular weight excluding hydrogens is 396 g/mol. The van der Waals surface area contributed by atoms with Gasteiger partial charge in [0, 0.05) is 39.1 Å². The lowest BCUT2D eigenvalue weighted by Gasteiger charge is -2.34. The molecule has 0 unspecified atom stereocenters. The molecule has 2 aliphatic heterocycles. The third-order valence-electron chi connectivity index (χ3n) is 4.40. The van der Waals surface area contributed by atoms with Crippen LogP contribution in [0.15, 0.2) is 23.1 Å². The van der Waals surface area contributed by atoms with Crippen LogP contribution in [0.3, 0.4) is 0 Å². The fraction of sp³-hybridized carbons (Fsp3) is 0.500. The highest BCUT2D eigenvalue weighted by atomic mass is 35.5. The molecule has 0 bridgehead atoms. The molecule has 1 aromatic carbocycles. The Morgan fingerprint density at radius 1 is 1.26 bits per heavy atom. The molecule has 1 fully saturated rings. The number of sulfonamides is 1. The van der Waals surface area contributed by atoms with E-state index in [1.165, 1.54) is 16.4 Å². The Morgan fingerprint density at radius 2 is 1.96 bits per heavy atom. The van der Waals surface area contributed by atoms with Crippen molar-refractivity contribution in [3.63, 3.8) is 0 Å². The van der Waals surface area contributed by atoms with Crippen molar-refractivity contribution >= 4 is 39.9 Å². The first-order valence-electron chi connectivity index (χ1n) is 8.41. The fourth-order valence-electron chi connectivity index (χ4n) is 2.94. The third kappa shape index (κ3) is 4.70. The van der Waals surface area contributed by atoms with Crippen LogP contribution in [0.25, 0.3) is 0 Å². The minimum atomic E-state index is -3.70. The zero-order chi connectivity index (χ0) is 18.7. The van der Waals surface area contributed by atoms with E-state index in [1.807, 2.05) is 0 Å². The lowest BCUT2D eigenvalue weighted by Crippen LogP contribution is -2.50. The van der Waals surface area contributed by atoms with Gasteiger partial charge in [0.15, 0.2) is 6.61 Å². The minimum Gasteiger partial charge on any atom is -0.482 e. The number of hydrogen-bond donors (Lipinski definition) is 2. The van der Waals surface area contributed by atoms with Crippen molar-refractivity contribution in [2.24, 2.45) is 0 Å². The van der Waals surface area contributed by atoms with Gasteiger partial charge in [-0.15, -0.1) is 12.4 Å². The van der Waals surface area contributed by atoms with E-state index in [-0.39, 0.29) is 48.8 Å². The zero-order valence-corrected chi connectivity index (χ0v) is 16.6. The molecule has 2 aliphatic rings. The van der Waals surface area contributed by atoms with Gasteiger partial charge in [-0.25, -0.2) is 8.42 Å². The number of halogens is 1. The van der Waals surface area contributed by atoms with Crippen molar-refractivity contribution in [3.8, 4) is 5.75 Å². The van der Waals surface area contributed by atoms with E-state index in [0.717, 1.165) is 0 Å². The number of nitrogens with one attached hydrogen (secondary N) is 2. The van der Waals surface area contributed by atoms with Crippen molar-refractivity contribution in [2.75, 3.05) is 51.7 Å². The van der Waals surface area contributed by atoms with E-state index < -0.39 is 10.0 Å². The standard InChI is InChI=1S/C16H22N4O5S.ClH/c1-17-5-4-16(22)19-6-8-20(9-7-19)26(23,24)12-2-3-14-13(10-12)18-15(21)11-25-14;/h2-3,10,17H,4-9,11H2,1H3,(H,18,21);1H. The fourth-order valence-corrected chi connectivity index (χ4v) is 4.39. The summed E-state index contributed by atoms with van der Waals surface area (Å²) in [7, 11) is -1.92. The third-order valence-corrected chi connectivity index (χ3v) is 6.30. The van der Waals surface area contributed by atoms with Gasteiger partial charge in [-0.3, -0.25) is 9.59 Å². The summed E-state index contributed by atoms with van der Waals surface area (Å²) < 4.78 is 32.3. The largest absolute Gasteiger partial charge is 0.482 e. The van der Waals surface area contributed by atoms with Crippen LogP contribution in [0.4, 0.5) is 5.69 Å². The predicted octanol–water partition coefficient (Wildman–Crippen LogP) is -0.118. The van der Waals surface area contributed by atoms with Crippen molar-refractivity contribution < 1.29 is 22.7 Å². The highest BCUT2D eigenvalue weighted by Crippen LogP contribution is 2.31. The molecule has 2 heterocycles. The molecule has 1 saturated heterocycles. The molecule has 27 heavy (non-hydrogen) atoms. The lowest BCUT2D eigenvalue weighted by atomic mass is 10.2. The second-order valence-electron chi connectivity index (χ2n) is 6.13. The monoisotopic (exact) mass is 418 g/mol. The highest BCUT2D eigenvalue weighted by molar-refractivity contribution is 7.89. The van der Waals surface area contributed by atoms with Crippen LogP contribution in [0.2, 0.25) is 0 Å². The normalized spacial score (nSPS) is 17.4. The summed E-state index contributed by atoms with van der Waals surface area (Å²) >= 11 is 0. The Hall–Kier alpha value is -1.88. The number of fused-ring (bicyclic) bond motifs is 1. The number of benzene rings is 1. The maximum atomic E-state index is 12.9.